The zero-order valence-corrected chi connectivity index (χ0v) is 36.9. The fourth-order valence-corrected chi connectivity index (χ4v) is 7.34. The molecule has 2 unspecified atom stereocenters. The number of hydrogen-bond acceptors (Lipinski definition) is 7. The molecular formula is C44H90NO7P. The quantitative estimate of drug-likeness (QED) is 0.0263. The van der Waals surface area contributed by atoms with Crippen LogP contribution in [0.4, 0.5) is 0 Å². The number of carbonyl (C=O) groups is 1. The van der Waals surface area contributed by atoms with Crippen LogP contribution in [0.5, 0.6) is 0 Å². The fourth-order valence-electron chi connectivity index (χ4n) is 6.61. The van der Waals surface area contributed by atoms with E-state index in [9.17, 15) is 14.3 Å². The molecule has 318 valence electrons. The normalized spacial score (nSPS) is 13.7. The van der Waals surface area contributed by atoms with E-state index in [-0.39, 0.29) is 25.8 Å². The van der Waals surface area contributed by atoms with Gasteiger partial charge in [-0.2, -0.15) is 0 Å². The average molecular weight is 776 g/mol. The number of unbranched alkanes of at least 4 members (excludes halogenated alkanes) is 29. The van der Waals surface area contributed by atoms with Crippen LogP contribution in [0.3, 0.4) is 0 Å². The lowest BCUT2D eigenvalue weighted by molar-refractivity contribution is -0.870. The Morgan fingerprint density at radius 2 is 0.868 bits per heavy atom. The molecular weight excluding hydrogens is 685 g/mol. The molecule has 0 aliphatic carbocycles. The van der Waals surface area contributed by atoms with Gasteiger partial charge in [-0.15, -0.1) is 0 Å². The van der Waals surface area contributed by atoms with Crippen LogP contribution in [-0.4, -0.2) is 70.7 Å². The molecule has 2 atom stereocenters. The molecule has 0 aliphatic heterocycles. The minimum atomic E-state index is -4.51. The predicted molar refractivity (Wildman–Crippen MR) is 222 cm³/mol. The number of quaternary nitrogens is 1. The van der Waals surface area contributed by atoms with Crippen LogP contribution in [0.1, 0.15) is 219 Å². The van der Waals surface area contributed by atoms with Crippen LogP contribution in [0.15, 0.2) is 0 Å². The number of rotatable bonds is 43. The highest BCUT2D eigenvalue weighted by Crippen LogP contribution is 2.38. The first-order chi connectivity index (χ1) is 25.6. The topological polar surface area (TPSA) is 94.1 Å². The second-order valence-electron chi connectivity index (χ2n) is 16.8. The van der Waals surface area contributed by atoms with E-state index in [0.717, 1.165) is 32.1 Å². The van der Waals surface area contributed by atoms with Crippen LogP contribution in [0.25, 0.3) is 0 Å². The van der Waals surface area contributed by atoms with E-state index in [0.29, 0.717) is 24.1 Å². The van der Waals surface area contributed by atoms with Crippen LogP contribution in [0, 0.1) is 0 Å². The smallest absolute Gasteiger partial charge is 0.306 e. The average Bonchev–Trinajstić information content (AvgIpc) is 3.11. The van der Waals surface area contributed by atoms with Crippen molar-refractivity contribution in [3.63, 3.8) is 0 Å². The van der Waals surface area contributed by atoms with Crippen LogP contribution in [-0.2, 0) is 27.9 Å². The first-order valence-electron chi connectivity index (χ1n) is 22.8. The summed E-state index contributed by atoms with van der Waals surface area (Å²) in [6.07, 6.45) is 40.1. The van der Waals surface area contributed by atoms with Gasteiger partial charge < -0.3 is 27.9 Å². The number of esters is 1. The van der Waals surface area contributed by atoms with Crippen LogP contribution in [0.2, 0.25) is 0 Å². The Labute approximate surface area is 329 Å². The van der Waals surface area contributed by atoms with Crippen molar-refractivity contribution < 1.29 is 37.3 Å². The van der Waals surface area contributed by atoms with Gasteiger partial charge in [-0.1, -0.05) is 200 Å². The Balaban J connectivity index is 3.88. The van der Waals surface area contributed by atoms with Gasteiger partial charge in [-0.3, -0.25) is 9.36 Å². The number of likely N-dealkylation sites (N-methyl/N-ethyl adjacent to an activating group) is 1. The van der Waals surface area contributed by atoms with Gasteiger partial charge in [-0.25, -0.2) is 0 Å². The second-order valence-corrected chi connectivity index (χ2v) is 18.2. The van der Waals surface area contributed by atoms with Crippen molar-refractivity contribution in [1.29, 1.82) is 0 Å². The molecule has 0 N–H and O–H groups in total. The van der Waals surface area contributed by atoms with Crippen molar-refractivity contribution in [3.8, 4) is 0 Å². The Morgan fingerprint density at radius 1 is 0.509 bits per heavy atom. The third-order valence-electron chi connectivity index (χ3n) is 10.2. The van der Waals surface area contributed by atoms with E-state index >= 15 is 0 Å². The van der Waals surface area contributed by atoms with Gasteiger partial charge in [0.25, 0.3) is 7.82 Å². The first-order valence-corrected chi connectivity index (χ1v) is 24.2. The molecule has 0 amide bonds. The molecule has 0 aromatic carbocycles. The number of ether oxygens (including phenoxy) is 2. The summed E-state index contributed by atoms with van der Waals surface area (Å²) in [6.45, 7) is 5.41. The maximum atomic E-state index is 12.6. The molecule has 0 saturated carbocycles. The Bertz CT molecular complexity index is 822. The Morgan fingerprint density at radius 3 is 1.25 bits per heavy atom. The number of nitrogens with zero attached hydrogens (tertiary/aromatic N) is 1. The monoisotopic (exact) mass is 776 g/mol. The number of phosphoric ester groups is 1. The highest BCUT2D eigenvalue weighted by Gasteiger charge is 2.20. The molecule has 0 bridgehead atoms. The predicted octanol–water partition coefficient (Wildman–Crippen LogP) is 12.6. The number of hydrogen-bond donors (Lipinski definition) is 0. The zero-order chi connectivity index (χ0) is 39.1. The van der Waals surface area contributed by atoms with Gasteiger partial charge in [0, 0.05) is 13.0 Å². The lowest BCUT2D eigenvalue weighted by atomic mass is 10.0. The standard InChI is InChI=1S/C44H90NO7P/c1-6-8-10-12-14-15-16-17-18-19-20-21-22-23-24-25-26-27-28-29-30-31-32-33-35-37-44(46)52-43(41-49-39-36-34-13-11-9-7-2)42-51-53(47,48)50-40-38-45(3,4)5/h43H,6-42H2,1-5H3. The van der Waals surface area contributed by atoms with Gasteiger partial charge in [0.2, 0.25) is 0 Å². The van der Waals surface area contributed by atoms with E-state index < -0.39 is 13.9 Å². The second kappa shape index (κ2) is 38.4. The lowest BCUT2D eigenvalue weighted by Crippen LogP contribution is -2.37. The van der Waals surface area contributed by atoms with Crippen molar-refractivity contribution in [2.75, 3.05) is 54.1 Å². The molecule has 53 heavy (non-hydrogen) atoms. The molecule has 0 radical (unpaired) electrons. The maximum Gasteiger partial charge on any atom is 0.306 e. The maximum absolute atomic E-state index is 12.6. The molecule has 9 heteroatoms. The molecule has 0 saturated heterocycles. The van der Waals surface area contributed by atoms with E-state index in [2.05, 4.69) is 13.8 Å². The summed E-state index contributed by atoms with van der Waals surface area (Å²) in [5, 5.41) is 0. The molecule has 0 aliphatic rings. The van der Waals surface area contributed by atoms with Gasteiger partial charge in [0.1, 0.15) is 19.3 Å². The number of phosphoric acid groups is 1. The first kappa shape index (κ1) is 52.5. The van der Waals surface area contributed by atoms with Crippen molar-refractivity contribution in [2.24, 2.45) is 0 Å². The zero-order valence-electron chi connectivity index (χ0n) is 36.0. The van der Waals surface area contributed by atoms with E-state index in [1.54, 1.807) is 0 Å². The molecule has 0 rings (SSSR count). The minimum absolute atomic E-state index is 0.0306. The molecule has 0 fully saturated rings. The molecule has 0 aromatic rings. The van der Waals surface area contributed by atoms with E-state index in [1.807, 2.05) is 21.1 Å². The molecule has 0 aromatic heterocycles. The largest absolute Gasteiger partial charge is 0.756 e. The van der Waals surface area contributed by atoms with Crippen LogP contribution >= 0.6 is 7.82 Å². The molecule has 0 heterocycles. The lowest BCUT2D eigenvalue weighted by Gasteiger charge is -2.28. The van der Waals surface area contributed by atoms with E-state index in [1.165, 1.54) is 167 Å². The summed E-state index contributed by atoms with van der Waals surface area (Å²) in [5.74, 6) is -0.331. The fraction of sp³-hybridized carbons (Fsp3) is 0.977. The Kier molecular flexibility index (Phi) is 38.0. The molecule has 8 nitrogen and oxygen atoms in total. The Hall–Kier alpha value is -0.500. The van der Waals surface area contributed by atoms with Crippen molar-refractivity contribution in [3.05, 3.63) is 0 Å². The highest BCUT2D eigenvalue weighted by molar-refractivity contribution is 7.45. The van der Waals surface area contributed by atoms with Gasteiger partial charge in [0.05, 0.1) is 34.4 Å². The summed E-state index contributed by atoms with van der Waals surface area (Å²) in [6, 6.07) is 0. The summed E-state index contributed by atoms with van der Waals surface area (Å²) in [5.41, 5.74) is 0. The van der Waals surface area contributed by atoms with Crippen molar-refractivity contribution >= 4 is 13.8 Å². The van der Waals surface area contributed by atoms with Gasteiger partial charge in [0.15, 0.2) is 0 Å². The summed E-state index contributed by atoms with van der Waals surface area (Å²) in [4.78, 5) is 24.9. The minimum Gasteiger partial charge on any atom is -0.756 e. The van der Waals surface area contributed by atoms with Crippen molar-refractivity contribution in [1.82, 2.24) is 0 Å². The van der Waals surface area contributed by atoms with Gasteiger partial charge in [-0.05, 0) is 12.8 Å². The molecule has 0 spiro atoms. The SMILES string of the molecule is CCCCCCCCCCCCCCCCCCCCCCCCCCCC(=O)OC(COCCCCCCCC)COP(=O)([O-])OCC[N+](C)(C)C. The van der Waals surface area contributed by atoms with Crippen molar-refractivity contribution in [2.45, 2.75) is 225 Å². The van der Waals surface area contributed by atoms with Crippen LogP contribution < -0.4 is 4.89 Å². The highest BCUT2D eigenvalue weighted by atomic mass is 31.2. The van der Waals surface area contributed by atoms with E-state index in [4.69, 9.17) is 18.5 Å². The van der Waals surface area contributed by atoms with Gasteiger partial charge >= 0.3 is 5.97 Å². The summed E-state index contributed by atoms with van der Waals surface area (Å²) in [7, 11) is 1.37. The third kappa shape index (κ3) is 42.5. The summed E-state index contributed by atoms with van der Waals surface area (Å²) >= 11 is 0. The third-order valence-corrected chi connectivity index (χ3v) is 11.1. The number of carbonyl (C=O) groups excluding carboxylic acids is 1. The summed E-state index contributed by atoms with van der Waals surface area (Å²) < 4.78 is 34.4.